The molecule has 0 aliphatic carbocycles. The quantitative estimate of drug-likeness (QED) is 0.699. The third-order valence-corrected chi connectivity index (χ3v) is 5.83. The van der Waals surface area contributed by atoms with Crippen molar-refractivity contribution in [3.8, 4) is 0 Å². The van der Waals surface area contributed by atoms with Crippen LogP contribution >= 0.6 is 11.3 Å². The highest BCUT2D eigenvalue weighted by Crippen LogP contribution is 2.36. The van der Waals surface area contributed by atoms with Crippen LogP contribution in [0.4, 0.5) is 19.1 Å². The molecule has 32 heavy (non-hydrogen) atoms. The van der Waals surface area contributed by atoms with Gasteiger partial charge in [0.2, 0.25) is 5.95 Å². The van der Waals surface area contributed by atoms with Gasteiger partial charge in [0.05, 0.1) is 11.1 Å². The van der Waals surface area contributed by atoms with Gasteiger partial charge in [-0.1, -0.05) is 0 Å². The molecule has 2 aliphatic heterocycles. The van der Waals surface area contributed by atoms with E-state index in [1.807, 2.05) is 16.3 Å². The molecule has 2 N–H and O–H groups in total. The highest BCUT2D eigenvalue weighted by atomic mass is 32.1. The van der Waals surface area contributed by atoms with Gasteiger partial charge in [-0.15, -0.1) is 11.3 Å². The lowest BCUT2D eigenvalue weighted by Crippen LogP contribution is -2.52. The molecule has 4 heterocycles. The van der Waals surface area contributed by atoms with Crippen molar-refractivity contribution in [3.05, 3.63) is 35.0 Å². The number of carboxylic acids is 1. The maximum absolute atomic E-state index is 12.4. The van der Waals surface area contributed by atoms with E-state index in [4.69, 9.17) is 14.6 Å². The normalized spacial score (nSPS) is 20.2. The standard InChI is InChI=1S/C17H21N5O2S.C2HF3O2/c23-15(14-11-25-12-20-14)22-7-3-17(4-8-22)10-13(2-9-24-17)21-16-18-5-1-6-19-16;3-2(4,5)1(6)7/h1,5-6,11-13H,2-4,7-10H2,(H,18,19,21);(H,6,7). The number of anilines is 1. The molecule has 2 aromatic heterocycles. The summed E-state index contributed by atoms with van der Waals surface area (Å²) in [5.74, 6) is -2.06. The van der Waals surface area contributed by atoms with E-state index in [9.17, 15) is 18.0 Å². The van der Waals surface area contributed by atoms with Crippen LogP contribution in [-0.4, -0.2) is 74.4 Å². The van der Waals surface area contributed by atoms with Gasteiger partial charge in [-0.3, -0.25) is 4.79 Å². The van der Waals surface area contributed by atoms with Gasteiger partial charge >= 0.3 is 12.1 Å². The second-order valence-electron chi connectivity index (χ2n) is 7.41. The summed E-state index contributed by atoms with van der Waals surface area (Å²) in [5.41, 5.74) is 2.10. The molecule has 0 aromatic carbocycles. The van der Waals surface area contributed by atoms with Crippen LogP contribution in [0.1, 0.15) is 36.2 Å². The largest absolute Gasteiger partial charge is 0.490 e. The zero-order valence-corrected chi connectivity index (χ0v) is 17.7. The van der Waals surface area contributed by atoms with Gasteiger partial charge in [-0.2, -0.15) is 13.2 Å². The van der Waals surface area contributed by atoms with Gasteiger partial charge in [-0.25, -0.2) is 19.7 Å². The van der Waals surface area contributed by atoms with Crippen LogP contribution in [0.15, 0.2) is 29.4 Å². The summed E-state index contributed by atoms with van der Waals surface area (Å²) in [6.45, 7) is 2.15. The molecule has 9 nitrogen and oxygen atoms in total. The number of piperidine rings is 1. The second-order valence-corrected chi connectivity index (χ2v) is 8.13. The number of aromatic nitrogens is 3. The zero-order valence-electron chi connectivity index (χ0n) is 16.9. The molecule has 1 unspecified atom stereocenters. The van der Waals surface area contributed by atoms with Crippen LogP contribution in [0.25, 0.3) is 0 Å². The van der Waals surface area contributed by atoms with Crippen molar-refractivity contribution in [3.63, 3.8) is 0 Å². The molecule has 2 aliphatic rings. The number of alkyl halides is 3. The lowest BCUT2D eigenvalue weighted by molar-refractivity contribution is -0.192. The molecular formula is C19H22F3N5O4S. The first-order valence-corrected chi connectivity index (χ1v) is 10.8. The van der Waals surface area contributed by atoms with E-state index in [0.717, 1.165) is 32.3 Å². The number of halogens is 3. The van der Waals surface area contributed by atoms with Crippen LogP contribution < -0.4 is 5.32 Å². The number of hydrogen-bond donors (Lipinski definition) is 2. The summed E-state index contributed by atoms with van der Waals surface area (Å²) in [4.78, 5) is 35.8. The highest BCUT2D eigenvalue weighted by molar-refractivity contribution is 7.07. The number of aliphatic carboxylic acids is 1. The molecule has 1 spiro atoms. The summed E-state index contributed by atoms with van der Waals surface area (Å²) < 4.78 is 37.9. The molecule has 0 saturated carbocycles. The Morgan fingerprint density at radius 3 is 2.44 bits per heavy atom. The van der Waals surface area contributed by atoms with E-state index in [1.54, 1.807) is 17.9 Å². The molecule has 4 rings (SSSR count). The molecular weight excluding hydrogens is 451 g/mol. The smallest absolute Gasteiger partial charge is 0.475 e. The Hall–Kier alpha value is -2.80. The Labute approximate surface area is 185 Å². The maximum Gasteiger partial charge on any atom is 0.490 e. The highest BCUT2D eigenvalue weighted by Gasteiger charge is 2.41. The van der Waals surface area contributed by atoms with E-state index in [-0.39, 0.29) is 11.5 Å². The van der Waals surface area contributed by atoms with E-state index in [0.29, 0.717) is 30.8 Å². The number of nitrogens with zero attached hydrogens (tertiary/aromatic N) is 4. The summed E-state index contributed by atoms with van der Waals surface area (Å²) in [7, 11) is 0. The average Bonchev–Trinajstić information content (AvgIpc) is 3.29. The minimum Gasteiger partial charge on any atom is -0.475 e. The molecule has 2 fully saturated rings. The summed E-state index contributed by atoms with van der Waals surface area (Å²) in [6, 6.07) is 2.11. The fourth-order valence-corrected chi connectivity index (χ4v) is 4.18. The van der Waals surface area contributed by atoms with Crippen LogP contribution in [-0.2, 0) is 9.53 Å². The van der Waals surface area contributed by atoms with E-state index < -0.39 is 12.1 Å². The number of carbonyl (C=O) groups is 2. The molecule has 2 aromatic rings. The van der Waals surface area contributed by atoms with Crippen molar-refractivity contribution >= 4 is 29.2 Å². The van der Waals surface area contributed by atoms with Crippen LogP contribution in [0.5, 0.6) is 0 Å². The van der Waals surface area contributed by atoms with Gasteiger partial charge in [0, 0.05) is 43.5 Å². The predicted molar refractivity (Wildman–Crippen MR) is 108 cm³/mol. The predicted octanol–water partition coefficient (Wildman–Crippen LogP) is 2.83. The monoisotopic (exact) mass is 473 g/mol. The molecule has 174 valence electrons. The van der Waals surface area contributed by atoms with Crippen molar-refractivity contribution in [1.82, 2.24) is 19.9 Å². The zero-order chi connectivity index (χ0) is 23.2. The molecule has 2 saturated heterocycles. The van der Waals surface area contributed by atoms with Crippen molar-refractivity contribution < 1.29 is 32.6 Å². The van der Waals surface area contributed by atoms with Gasteiger partial charge in [-0.05, 0) is 31.7 Å². The Balaban J connectivity index is 0.000000360. The first kappa shape index (κ1) is 23.9. The molecule has 1 atom stereocenters. The fourth-order valence-electron chi connectivity index (χ4n) is 3.65. The van der Waals surface area contributed by atoms with Gasteiger partial charge in [0.15, 0.2) is 0 Å². The summed E-state index contributed by atoms with van der Waals surface area (Å²) in [5, 5.41) is 12.4. The number of ether oxygens (including phenoxy) is 1. The van der Waals surface area contributed by atoms with Crippen LogP contribution in [0.2, 0.25) is 0 Å². The number of hydrogen-bond acceptors (Lipinski definition) is 8. The minimum absolute atomic E-state index is 0.0271. The van der Waals surface area contributed by atoms with Crippen molar-refractivity contribution in [1.29, 1.82) is 0 Å². The number of carboxylic acid groups (broad SMARTS) is 1. The van der Waals surface area contributed by atoms with Gasteiger partial charge < -0.3 is 20.1 Å². The number of thiazole rings is 1. The molecule has 1 amide bonds. The second kappa shape index (κ2) is 10.2. The Morgan fingerprint density at radius 1 is 1.22 bits per heavy atom. The fraction of sp³-hybridized carbons (Fsp3) is 0.526. The summed E-state index contributed by atoms with van der Waals surface area (Å²) in [6.07, 6.45) is 1.98. The molecule has 0 bridgehead atoms. The topological polar surface area (TPSA) is 118 Å². The minimum atomic E-state index is -5.08. The van der Waals surface area contributed by atoms with E-state index >= 15 is 0 Å². The van der Waals surface area contributed by atoms with Crippen LogP contribution in [0, 0.1) is 0 Å². The van der Waals surface area contributed by atoms with Crippen molar-refractivity contribution in [2.45, 2.75) is 43.5 Å². The lowest BCUT2D eigenvalue weighted by Gasteiger charge is -2.46. The number of carbonyl (C=O) groups excluding carboxylic acids is 1. The Kier molecular flexibility index (Phi) is 7.61. The lowest BCUT2D eigenvalue weighted by atomic mass is 9.82. The Morgan fingerprint density at radius 2 is 1.88 bits per heavy atom. The summed E-state index contributed by atoms with van der Waals surface area (Å²) >= 11 is 1.45. The van der Waals surface area contributed by atoms with E-state index in [2.05, 4.69) is 20.3 Å². The Bertz CT molecular complexity index is 890. The third-order valence-electron chi connectivity index (χ3n) is 5.25. The number of likely N-dealkylation sites (tertiary alicyclic amines) is 1. The number of amides is 1. The maximum atomic E-state index is 12.4. The van der Waals surface area contributed by atoms with Crippen LogP contribution in [0.3, 0.4) is 0 Å². The van der Waals surface area contributed by atoms with Gasteiger partial charge in [0.1, 0.15) is 5.69 Å². The SMILES string of the molecule is O=C(O)C(F)(F)F.O=C(c1cscn1)N1CCC2(CC1)CC(Nc1ncccn1)CCO2. The number of rotatable bonds is 3. The molecule has 13 heteroatoms. The van der Waals surface area contributed by atoms with Gasteiger partial charge in [0.25, 0.3) is 5.91 Å². The third kappa shape index (κ3) is 6.36. The van der Waals surface area contributed by atoms with E-state index in [1.165, 1.54) is 11.3 Å². The van der Waals surface area contributed by atoms with Crippen molar-refractivity contribution in [2.75, 3.05) is 25.0 Å². The molecule has 0 radical (unpaired) electrons. The number of nitrogens with one attached hydrogen (secondary N) is 1. The first-order chi connectivity index (χ1) is 15.2. The van der Waals surface area contributed by atoms with Crippen molar-refractivity contribution in [2.24, 2.45) is 0 Å². The average molecular weight is 473 g/mol. The first-order valence-electron chi connectivity index (χ1n) is 9.84.